The first-order chi connectivity index (χ1) is 52.1. The van der Waals surface area contributed by atoms with Crippen LogP contribution in [0.25, 0.3) is 89.2 Å². The maximum atomic E-state index is 11.3. The fraction of sp³-hybridized carbons (Fsp3) is 0. The highest BCUT2D eigenvalue weighted by atomic mass is 28.3. The summed E-state index contributed by atoms with van der Waals surface area (Å²) in [7, 11) is -7.03. The van der Waals surface area contributed by atoms with Crippen LogP contribution in [0.3, 0.4) is 0 Å². The van der Waals surface area contributed by atoms with Crippen molar-refractivity contribution in [1.82, 2.24) is 24.1 Å². The van der Waals surface area contributed by atoms with Gasteiger partial charge in [0.05, 0.1) is 92.4 Å². The number of para-hydroxylation sites is 5. The minimum atomic E-state index is -7.03. The molecule has 3 heterocycles. The van der Waals surface area contributed by atoms with E-state index in [0.717, 1.165) is 0 Å². The van der Waals surface area contributed by atoms with Gasteiger partial charge in [0.15, 0.2) is 25.5 Å². The molecule has 0 aliphatic heterocycles. The molecule has 0 amide bonds. The average Bonchev–Trinajstić information content (AvgIpc) is 1.19. The molecule has 0 aliphatic rings. The van der Waals surface area contributed by atoms with Crippen molar-refractivity contribution >= 4 is 72.4 Å². The molecule has 0 radical (unpaired) electrons. The van der Waals surface area contributed by atoms with Crippen LogP contribution in [-0.2, 0) is 0 Å². The molecule has 324 valence electrons. The predicted octanol–water partition coefficient (Wildman–Crippen LogP) is 12.4. The Bertz CT molecular complexity index is 6190. The standard InChI is InChI=1S/C63H43N5Si/c1-5-23-44(24-6-1)61-64-62(53-35-17-22-40-59(53)67-55-36-18-13-31-49(55)50-32-14-19-37-56(50)67)66-63(65-61)54-43-48(41-42-60(54)68-57-38-20-15-33-51(57)52-34-16-21-39-58(52)68)69(45-25-7-2-8-26-45,46-27-9-3-10-28-46)47-29-11-4-12-30-47/h1-43H/i1D,2D,3D,4D,5D,6D,7D,8D,9D,10D,11D,12D,13D,14D,15D,16D,17D,18D,19D,20D,21D,22D,23D,24D,25D,26D,27D,28D,29D,30D,31D,32D,33D,34D,35D,36D,37D,38D,39D,40D,41D,42D,43D. The largest absolute Gasteiger partial charge is 0.309 e. The number of hydrogen-bond donors (Lipinski definition) is 0. The van der Waals surface area contributed by atoms with Crippen LogP contribution in [0.15, 0.2) is 260 Å². The maximum Gasteiger partial charge on any atom is 0.179 e. The van der Waals surface area contributed by atoms with Crippen LogP contribution in [0.5, 0.6) is 0 Å². The molecule has 3 aromatic heterocycles. The monoisotopic (exact) mass is 941 g/mol. The van der Waals surface area contributed by atoms with Gasteiger partial charge in [0, 0.05) is 38.2 Å². The molecule has 10 aromatic carbocycles. The summed E-state index contributed by atoms with van der Waals surface area (Å²) in [4.78, 5) is 13.7. The van der Waals surface area contributed by atoms with Gasteiger partial charge in [-0.1, -0.05) is 211 Å². The molecule has 6 heteroatoms. The highest BCUT2D eigenvalue weighted by Gasteiger charge is 2.42. The summed E-state index contributed by atoms with van der Waals surface area (Å²) in [5.41, 5.74) is -10.2. The van der Waals surface area contributed by atoms with Gasteiger partial charge < -0.3 is 9.13 Å². The van der Waals surface area contributed by atoms with Crippen molar-refractivity contribution < 1.29 is 58.9 Å². The molecule has 0 aliphatic carbocycles. The molecule has 0 unspecified atom stereocenters. The molecular formula is C63H43N5Si. The molecular weight excluding hydrogens is 855 g/mol. The molecule has 0 spiro atoms. The van der Waals surface area contributed by atoms with Gasteiger partial charge in [0.1, 0.15) is 0 Å². The van der Waals surface area contributed by atoms with E-state index in [1.807, 2.05) is 0 Å². The minimum absolute atomic E-state index is 0.437. The second-order valence-corrected chi connectivity index (χ2v) is 17.8. The molecule has 5 nitrogen and oxygen atoms in total. The van der Waals surface area contributed by atoms with E-state index in [2.05, 4.69) is 15.0 Å². The lowest BCUT2D eigenvalue weighted by Crippen LogP contribution is -2.74. The summed E-state index contributed by atoms with van der Waals surface area (Å²) in [6.45, 7) is 0. The van der Waals surface area contributed by atoms with E-state index in [1.165, 1.54) is 0 Å². The number of aromatic nitrogens is 5. The first-order valence-corrected chi connectivity index (χ1v) is 21.9. The Hall–Kier alpha value is -8.97. The second kappa shape index (κ2) is 16.7. The number of benzene rings is 10. The van der Waals surface area contributed by atoms with Crippen LogP contribution < -0.4 is 20.7 Å². The third-order valence-electron chi connectivity index (χ3n) is 10.8. The lowest BCUT2D eigenvalue weighted by molar-refractivity contribution is 1.06. The third-order valence-corrected chi connectivity index (χ3v) is 14.8. The van der Waals surface area contributed by atoms with E-state index in [1.54, 1.807) is 0 Å². The highest BCUT2D eigenvalue weighted by Crippen LogP contribution is 2.39. The zero-order chi connectivity index (χ0) is 83.1. The van der Waals surface area contributed by atoms with E-state index in [4.69, 9.17) is 19.2 Å². The third kappa shape index (κ3) is 6.56. The van der Waals surface area contributed by atoms with Crippen molar-refractivity contribution in [1.29, 1.82) is 0 Å². The van der Waals surface area contributed by atoms with Crippen LogP contribution in [0.1, 0.15) is 58.9 Å². The van der Waals surface area contributed by atoms with Crippen molar-refractivity contribution in [2.75, 3.05) is 0 Å². The van der Waals surface area contributed by atoms with Crippen LogP contribution in [0.2, 0.25) is 0 Å². The van der Waals surface area contributed by atoms with Crippen LogP contribution in [0.4, 0.5) is 0 Å². The summed E-state index contributed by atoms with van der Waals surface area (Å²) >= 11 is 0. The predicted molar refractivity (Wildman–Crippen MR) is 288 cm³/mol. The molecule has 0 saturated heterocycles. The molecule has 0 bridgehead atoms. The molecule has 13 aromatic rings. The topological polar surface area (TPSA) is 48.5 Å². The van der Waals surface area contributed by atoms with Gasteiger partial charge in [-0.15, -0.1) is 0 Å². The quantitative estimate of drug-likeness (QED) is 0.107. The Labute approximate surface area is 461 Å². The Balaban J connectivity index is 1.43. The Morgan fingerprint density at radius 2 is 0.638 bits per heavy atom. The van der Waals surface area contributed by atoms with Gasteiger partial charge >= 0.3 is 0 Å². The fourth-order valence-electron chi connectivity index (χ4n) is 7.98. The van der Waals surface area contributed by atoms with E-state index in [0.29, 0.717) is 9.13 Å². The molecule has 13 rings (SSSR count). The molecule has 0 atom stereocenters. The zero-order valence-electron chi connectivity index (χ0n) is 77.2. The van der Waals surface area contributed by atoms with E-state index in [-0.39, 0.29) is 0 Å². The average molecular weight is 941 g/mol. The first kappa shape index (κ1) is 15.8. The normalized spacial score (nSPS) is 20.5. The summed E-state index contributed by atoms with van der Waals surface area (Å²) < 4.78 is 406. The second-order valence-electron chi connectivity index (χ2n) is 14.3. The van der Waals surface area contributed by atoms with E-state index in [9.17, 15) is 39.8 Å². The van der Waals surface area contributed by atoms with Crippen LogP contribution >= 0.6 is 0 Å². The van der Waals surface area contributed by atoms with Crippen molar-refractivity contribution in [3.63, 3.8) is 0 Å². The number of hydrogen-bond acceptors (Lipinski definition) is 3. The van der Waals surface area contributed by atoms with Crippen LogP contribution in [-0.4, -0.2) is 32.2 Å². The van der Waals surface area contributed by atoms with Gasteiger partial charge in [0.25, 0.3) is 0 Å². The lowest BCUT2D eigenvalue weighted by atomic mass is 10.1. The van der Waals surface area contributed by atoms with E-state index < -0.39 is 378 Å². The van der Waals surface area contributed by atoms with Crippen LogP contribution in [0, 0.1) is 0 Å². The first-order valence-electron chi connectivity index (χ1n) is 41.4. The van der Waals surface area contributed by atoms with Crippen molar-refractivity contribution in [3.05, 3.63) is 260 Å². The molecule has 0 saturated carbocycles. The Kier molecular flexibility index (Phi) is 3.83. The van der Waals surface area contributed by atoms with Gasteiger partial charge in [-0.25, -0.2) is 15.0 Å². The van der Waals surface area contributed by atoms with Gasteiger partial charge in [-0.05, 0) is 69.1 Å². The smallest absolute Gasteiger partial charge is 0.179 e. The fourth-order valence-corrected chi connectivity index (χ4v) is 11.5. The summed E-state index contributed by atoms with van der Waals surface area (Å²) in [6.07, 6.45) is 0. The van der Waals surface area contributed by atoms with Crippen molar-refractivity contribution in [3.8, 4) is 45.5 Å². The Morgan fingerprint density at radius 3 is 1.10 bits per heavy atom. The minimum Gasteiger partial charge on any atom is -0.309 e. The lowest BCUT2D eigenvalue weighted by Gasteiger charge is -2.35. The summed E-state index contributed by atoms with van der Waals surface area (Å²) in [5.74, 6) is -4.23. The van der Waals surface area contributed by atoms with Crippen molar-refractivity contribution in [2.24, 2.45) is 0 Å². The maximum absolute atomic E-state index is 11.3. The van der Waals surface area contributed by atoms with Gasteiger partial charge in [0.2, 0.25) is 0 Å². The molecule has 0 fully saturated rings. The van der Waals surface area contributed by atoms with E-state index >= 15 is 0 Å². The zero-order valence-corrected chi connectivity index (χ0v) is 35.2. The number of rotatable bonds is 9. The Morgan fingerprint density at radius 1 is 0.290 bits per heavy atom. The summed E-state index contributed by atoms with van der Waals surface area (Å²) in [6, 6.07) is -55.3. The van der Waals surface area contributed by atoms with Gasteiger partial charge in [-0.2, -0.15) is 0 Å². The SMILES string of the molecule is [2H]c1c([2H])c([2H])c(-c2nc(-c3c([2H])c([2H])c([2H])c([2H])c3-n3c4c([2H])c([2H])c([2H])c([2H])c4c4c([2H])c([2H])c([2H])c([2H])c43)nc(-c3c([2H])c([Si](c4c([2H])c([2H])c([2H])c([2H])c4[2H])(c4c([2H])c([2H])c([2H])c([2H])c4[2H])c4c([2H])c([2H])c([2H])c([2H])c4[2H])c([2H])c([2H])c3-n3c4c([2H])c([2H])c([2H])c([2H])c4c4c([2H])c([2H])c([2H])c([2H])c43)n2)c([2H])c1[2H]. The van der Waals surface area contributed by atoms with Crippen molar-refractivity contribution in [2.45, 2.75) is 0 Å². The van der Waals surface area contributed by atoms with Gasteiger partial charge in [-0.3, -0.25) is 0 Å². The highest BCUT2D eigenvalue weighted by molar-refractivity contribution is 7.19. The number of fused-ring (bicyclic) bond motifs is 6. The molecule has 69 heavy (non-hydrogen) atoms. The summed E-state index contributed by atoms with van der Waals surface area (Å²) in [5, 5.41) is -8.93. The molecule has 0 N–H and O–H groups in total. The number of nitrogens with zero attached hydrogens (tertiary/aromatic N) is 5.